The molecule has 1 aromatic rings. The van der Waals surface area contributed by atoms with E-state index in [-0.39, 0.29) is 0 Å². The Kier molecular flexibility index (Phi) is 5.04. The highest BCUT2D eigenvalue weighted by atomic mass is 35.5. The first-order valence-electron chi connectivity index (χ1n) is 4.31. The van der Waals surface area contributed by atoms with Crippen molar-refractivity contribution in [3.8, 4) is 5.88 Å². The number of aromatic nitrogens is 1. The van der Waals surface area contributed by atoms with Gasteiger partial charge in [0.05, 0.1) is 7.11 Å². The van der Waals surface area contributed by atoms with Gasteiger partial charge in [-0.1, -0.05) is 17.7 Å². The highest BCUT2D eigenvalue weighted by molar-refractivity contribution is 6.25. The van der Waals surface area contributed by atoms with Crippen LogP contribution in [-0.2, 0) is 6.54 Å². The fourth-order valence-electron chi connectivity index (χ4n) is 1.02. The number of hydrogen-bond acceptors (Lipinski definition) is 3. The van der Waals surface area contributed by atoms with Crippen molar-refractivity contribution in [1.29, 1.82) is 0 Å². The maximum Gasteiger partial charge on any atom is 0.213 e. The zero-order valence-corrected chi connectivity index (χ0v) is 8.79. The monoisotopic (exact) mass is 212 g/mol. The van der Waals surface area contributed by atoms with Gasteiger partial charge in [-0.15, -0.1) is 0 Å². The predicted octanol–water partition coefficient (Wildman–Crippen LogP) is 1.93. The third kappa shape index (κ3) is 3.77. The molecular weight excluding hydrogens is 200 g/mol. The third-order valence-electron chi connectivity index (χ3n) is 1.69. The quantitative estimate of drug-likeness (QED) is 0.758. The Morgan fingerprint density at radius 1 is 1.64 bits per heavy atom. The number of halogens is 1. The Morgan fingerprint density at radius 2 is 2.50 bits per heavy atom. The Labute approximate surface area is 88.8 Å². The largest absolute Gasteiger partial charge is 0.481 e. The highest BCUT2D eigenvalue weighted by Crippen LogP contribution is 2.07. The van der Waals surface area contributed by atoms with Crippen molar-refractivity contribution >= 4 is 11.6 Å². The molecule has 0 bridgehead atoms. The number of rotatable bonds is 5. The molecule has 76 valence electrons. The Bertz CT molecular complexity index is 302. The number of hydrogen-bond donors (Lipinski definition) is 1. The maximum absolute atomic E-state index is 5.38. The average Bonchev–Trinajstić information content (AvgIpc) is 2.25. The molecule has 3 nitrogen and oxygen atoms in total. The second-order valence-corrected chi connectivity index (χ2v) is 2.95. The minimum atomic E-state index is 0.636. The zero-order valence-electron chi connectivity index (χ0n) is 8.03. The second kappa shape index (κ2) is 6.40. The minimum Gasteiger partial charge on any atom is -0.481 e. The number of ether oxygens (including phenoxy) is 1. The van der Waals surface area contributed by atoms with Gasteiger partial charge in [-0.3, -0.25) is 0 Å². The van der Waals surface area contributed by atoms with Gasteiger partial charge < -0.3 is 10.1 Å². The molecule has 0 radical (unpaired) electrons. The summed E-state index contributed by atoms with van der Waals surface area (Å²) in [6.07, 6.45) is 3.58. The Balaban J connectivity index is 2.42. The molecule has 0 aromatic carbocycles. The zero-order chi connectivity index (χ0) is 10.2. The highest BCUT2D eigenvalue weighted by Gasteiger charge is 1.95. The summed E-state index contributed by atoms with van der Waals surface area (Å²) >= 11 is 5.38. The molecule has 0 amide bonds. The van der Waals surface area contributed by atoms with Crippen molar-refractivity contribution in [2.24, 2.45) is 0 Å². The molecule has 4 heteroatoms. The van der Waals surface area contributed by atoms with Crippen LogP contribution in [0.25, 0.3) is 0 Å². The molecule has 0 aliphatic carbocycles. The van der Waals surface area contributed by atoms with Crippen molar-refractivity contribution in [3.63, 3.8) is 0 Å². The molecule has 0 atom stereocenters. The fraction of sp³-hybridized carbons (Fsp3) is 0.300. The molecule has 0 fully saturated rings. The lowest BCUT2D eigenvalue weighted by molar-refractivity contribution is 0.397. The third-order valence-corrected chi connectivity index (χ3v) is 1.87. The first-order chi connectivity index (χ1) is 6.86. The van der Waals surface area contributed by atoms with Crippen LogP contribution in [0.5, 0.6) is 5.88 Å². The van der Waals surface area contributed by atoms with Crippen LogP contribution in [0.4, 0.5) is 0 Å². The standard InChI is InChI=1S/C10H13ClN2O/c1-14-10-7-9(3-6-13-10)8-12-5-2-4-11/h2-4,6-7,12H,5,8H2,1H3/b4-2+. The van der Waals surface area contributed by atoms with Crippen LogP contribution in [0, 0.1) is 0 Å². The predicted molar refractivity (Wildman–Crippen MR) is 57.5 cm³/mol. The Hall–Kier alpha value is -1.06. The van der Waals surface area contributed by atoms with Crippen LogP contribution in [0.2, 0.25) is 0 Å². The molecule has 0 aliphatic heterocycles. The summed E-state index contributed by atoms with van der Waals surface area (Å²) in [4.78, 5) is 4.02. The van der Waals surface area contributed by atoms with Gasteiger partial charge in [0.25, 0.3) is 0 Å². The van der Waals surface area contributed by atoms with Crippen LogP contribution in [0.1, 0.15) is 5.56 Å². The SMILES string of the molecule is COc1cc(CNC/C=C/Cl)ccn1. The first-order valence-corrected chi connectivity index (χ1v) is 4.75. The lowest BCUT2D eigenvalue weighted by Gasteiger charge is -2.03. The average molecular weight is 213 g/mol. The number of methoxy groups -OCH3 is 1. The van der Waals surface area contributed by atoms with Gasteiger partial charge in [0.1, 0.15) is 0 Å². The van der Waals surface area contributed by atoms with E-state index in [1.807, 2.05) is 18.2 Å². The normalized spacial score (nSPS) is 10.7. The number of pyridine rings is 1. The van der Waals surface area contributed by atoms with Gasteiger partial charge in [-0.05, 0) is 11.6 Å². The molecule has 14 heavy (non-hydrogen) atoms. The van der Waals surface area contributed by atoms with Crippen LogP contribution in [0.15, 0.2) is 29.9 Å². The summed E-state index contributed by atoms with van der Waals surface area (Å²) in [6, 6.07) is 3.84. The molecular formula is C10H13ClN2O. The van der Waals surface area contributed by atoms with E-state index >= 15 is 0 Å². The van der Waals surface area contributed by atoms with Gasteiger partial charge in [0.15, 0.2) is 0 Å². The van der Waals surface area contributed by atoms with Crippen LogP contribution < -0.4 is 10.1 Å². The van der Waals surface area contributed by atoms with Crippen molar-refractivity contribution < 1.29 is 4.74 Å². The van der Waals surface area contributed by atoms with Crippen molar-refractivity contribution in [3.05, 3.63) is 35.5 Å². The number of nitrogens with one attached hydrogen (secondary N) is 1. The second-order valence-electron chi connectivity index (χ2n) is 2.70. The topological polar surface area (TPSA) is 34.1 Å². The summed E-state index contributed by atoms with van der Waals surface area (Å²) < 4.78 is 5.01. The number of nitrogens with zero attached hydrogens (tertiary/aromatic N) is 1. The minimum absolute atomic E-state index is 0.636. The first kappa shape index (κ1) is 11.0. The summed E-state index contributed by atoms with van der Waals surface area (Å²) in [7, 11) is 1.61. The molecule has 0 saturated carbocycles. The van der Waals surface area contributed by atoms with Gasteiger partial charge in [0, 0.05) is 30.9 Å². The van der Waals surface area contributed by atoms with Gasteiger partial charge in [-0.25, -0.2) is 4.98 Å². The van der Waals surface area contributed by atoms with Gasteiger partial charge >= 0.3 is 0 Å². The fourth-order valence-corrected chi connectivity index (χ4v) is 1.11. The van der Waals surface area contributed by atoms with Gasteiger partial charge in [-0.2, -0.15) is 0 Å². The van der Waals surface area contributed by atoms with Crippen LogP contribution in [-0.4, -0.2) is 18.6 Å². The van der Waals surface area contributed by atoms with E-state index in [0.717, 1.165) is 18.7 Å². The molecule has 0 saturated heterocycles. The Morgan fingerprint density at radius 3 is 3.21 bits per heavy atom. The van der Waals surface area contributed by atoms with Crippen LogP contribution in [0.3, 0.4) is 0 Å². The molecule has 1 N–H and O–H groups in total. The van der Waals surface area contributed by atoms with Crippen molar-refractivity contribution in [1.82, 2.24) is 10.3 Å². The van der Waals surface area contributed by atoms with Gasteiger partial charge in [0.2, 0.25) is 5.88 Å². The molecule has 1 rings (SSSR count). The van der Waals surface area contributed by atoms with Crippen molar-refractivity contribution in [2.45, 2.75) is 6.54 Å². The molecule has 0 spiro atoms. The van der Waals surface area contributed by atoms with E-state index in [9.17, 15) is 0 Å². The van der Waals surface area contributed by atoms with E-state index in [4.69, 9.17) is 16.3 Å². The van der Waals surface area contributed by atoms with E-state index in [1.54, 1.807) is 13.3 Å². The van der Waals surface area contributed by atoms with E-state index in [0.29, 0.717) is 5.88 Å². The van der Waals surface area contributed by atoms with E-state index in [2.05, 4.69) is 10.3 Å². The van der Waals surface area contributed by atoms with Crippen molar-refractivity contribution in [2.75, 3.05) is 13.7 Å². The molecule has 1 heterocycles. The lowest BCUT2D eigenvalue weighted by atomic mass is 10.2. The molecule has 0 unspecified atom stereocenters. The summed E-state index contributed by atoms with van der Waals surface area (Å²) in [5, 5.41) is 3.20. The smallest absolute Gasteiger partial charge is 0.213 e. The molecule has 1 aromatic heterocycles. The summed E-state index contributed by atoms with van der Waals surface area (Å²) in [5.74, 6) is 0.636. The summed E-state index contributed by atoms with van der Waals surface area (Å²) in [6.45, 7) is 1.54. The maximum atomic E-state index is 5.38. The lowest BCUT2D eigenvalue weighted by Crippen LogP contribution is -2.12. The van der Waals surface area contributed by atoms with E-state index < -0.39 is 0 Å². The molecule has 0 aliphatic rings. The van der Waals surface area contributed by atoms with E-state index in [1.165, 1.54) is 5.54 Å². The summed E-state index contributed by atoms with van der Waals surface area (Å²) in [5.41, 5.74) is 2.64. The van der Waals surface area contributed by atoms with Crippen LogP contribution >= 0.6 is 11.6 Å².